The van der Waals surface area contributed by atoms with E-state index in [9.17, 15) is 0 Å². The second kappa shape index (κ2) is 21.3. The van der Waals surface area contributed by atoms with Crippen LogP contribution in [0.25, 0.3) is 43.6 Å². The molecule has 0 saturated heterocycles. The number of hydrogen-bond donors (Lipinski definition) is 0. The van der Waals surface area contributed by atoms with Crippen molar-refractivity contribution in [3.63, 3.8) is 0 Å². The summed E-state index contributed by atoms with van der Waals surface area (Å²) in [5.41, 5.74) is 14.0. The Hall–Kier alpha value is -6.66. The number of aromatic nitrogens is 4. The Kier molecular flexibility index (Phi) is 16.0. The normalized spacial score (nSPS) is 12.4. The number of fused-ring (bicyclic) bond motifs is 5. The molecule has 6 aromatic carbocycles. The van der Waals surface area contributed by atoms with Gasteiger partial charge in [0.1, 0.15) is 0 Å². The number of nitrogens with zero attached hydrogens (tertiary/aromatic N) is 6. The molecule has 0 aliphatic carbocycles. The van der Waals surface area contributed by atoms with Crippen LogP contribution in [0.3, 0.4) is 0 Å². The lowest BCUT2D eigenvalue weighted by Gasteiger charge is -2.21. The van der Waals surface area contributed by atoms with Gasteiger partial charge in [0.25, 0.3) is 0 Å². The molecular weight excluding hydrogens is 841 g/mol. The molecule has 0 spiro atoms. The van der Waals surface area contributed by atoms with Crippen LogP contribution in [-0.4, -0.2) is 19.9 Å². The molecule has 0 saturated carbocycles. The number of azo groups is 1. The Labute approximate surface area is 412 Å². The highest BCUT2D eigenvalue weighted by Gasteiger charge is 2.19. The van der Waals surface area contributed by atoms with E-state index in [0.29, 0.717) is 0 Å². The molecule has 3 aromatic heterocycles. The SMILES string of the molecule is CC(C)(C)c1ccc2c(c1)N=NC2.CC(C)(C)c1ccc2ncccc2c1.CC(C)(C)c1ccc2nccnc2c1.CC(C)(C)c1cccc2ccccc12.CC(C)(C)c1cnc2ccccc2c1. The molecule has 1 aliphatic rings. The van der Waals surface area contributed by atoms with Gasteiger partial charge in [0, 0.05) is 41.1 Å². The highest BCUT2D eigenvalue weighted by molar-refractivity contribution is 5.86. The minimum Gasteiger partial charge on any atom is -0.256 e. The fourth-order valence-electron chi connectivity index (χ4n) is 7.78. The van der Waals surface area contributed by atoms with Crippen molar-refractivity contribution in [3.8, 4) is 0 Å². The molecule has 0 bridgehead atoms. The molecule has 0 amide bonds. The molecule has 0 radical (unpaired) electrons. The van der Waals surface area contributed by atoms with E-state index in [2.05, 4.69) is 249 Å². The van der Waals surface area contributed by atoms with Crippen LogP contribution in [0.1, 0.15) is 137 Å². The average Bonchev–Trinajstić information content (AvgIpc) is 3.79. The molecular formula is C63H74N6. The van der Waals surface area contributed by atoms with E-state index in [-0.39, 0.29) is 27.1 Å². The molecule has 9 aromatic rings. The number of pyridine rings is 2. The van der Waals surface area contributed by atoms with Gasteiger partial charge in [0.15, 0.2) is 0 Å². The zero-order chi connectivity index (χ0) is 50.2. The van der Waals surface area contributed by atoms with Crippen molar-refractivity contribution in [2.45, 2.75) is 137 Å². The van der Waals surface area contributed by atoms with E-state index in [0.717, 1.165) is 34.3 Å². The largest absolute Gasteiger partial charge is 0.256 e. The molecule has 0 fully saturated rings. The van der Waals surface area contributed by atoms with Crippen LogP contribution in [0.5, 0.6) is 0 Å². The fourth-order valence-corrected chi connectivity index (χ4v) is 7.78. The van der Waals surface area contributed by atoms with Gasteiger partial charge in [-0.15, -0.1) is 0 Å². The second-order valence-electron chi connectivity index (χ2n) is 23.1. The van der Waals surface area contributed by atoms with Gasteiger partial charge in [0.05, 0.1) is 34.3 Å². The first-order valence-electron chi connectivity index (χ1n) is 24.3. The maximum atomic E-state index is 4.45. The summed E-state index contributed by atoms with van der Waals surface area (Å²) in [6.45, 7) is 34.1. The lowest BCUT2D eigenvalue weighted by molar-refractivity contribution is 0.588. The molecule has 1 aliphatic heterocycles. The smallest absolute Gasteiger partial charge is 0.0906 e. The molecule has 0 N–H and O–H groups in total. The number of benzene rings is 6. The lowest BCUT2D eigenvalue weighted by Crippen LogP contribution is -2.11. The zero-order valence-corrected chi connectivity index (χ0v) is 44.0. The van der Waals surface area contributed by atoms with Crippen molar-refractivity contribution in [3.05, 3.63) is 198 Å². The summed E-state index contributed by atoms with van der Waals surface area (Å²) in [6, 6.07) is 48.9. The van der Waals surface area contributed by atoms with E-state index in [4.69, 9.17) is 0 Å². The first kappa shape index (κ1) is 51.7. The van der Waals surface area contributed by atoms with E-state index in [1.54, 1.807) is 12.4 Å². The summed E-state index contributed by atoms with van der Waals surface area (Å²) in [5, 5.41) is 13.3. The van der Waals surface area contributed by atoms with Gasteiger partial charge in [-0.05, 0) is 114 Å². The van der Waals surface area contributed by atoms with Crippen LogP contribution in [0, 0.1) is 0 Å². The van der Waals surface area contributed by atoms with Crippen LogP contribution < -0.4 is 0 Å². The maximum absolute atomic E-state index is 4.45. The second-order valence-corrected chi connectivity index (χ2v) is 23.1. The fraction of sp³-hybridized carbons (Fsp3) is 0.333. The molecule has 0 unspecified atom stereocenters. The van der Waals surface area contributed by atoms with Crippen molar-refractivity contribution < 1.29 is 0 Å². The Morgan fingerprint density at radius 2 is 0.841 bits per heavy atom. The van der Waals surface area contributed by atoms with E-state index >= 15 is 0 Å². The predicted octanol–water partition coefficient (Wildman–Crippen LogP) is 17.7. The van der Waals surface area contributed by atoms with Gasteiger partial charge < -0.3 is 0 Å². The van der Waals surface area contributed by atoms with Crippen LogP contribution >= 0.6 is 0 Å². The van der Waals surface area contributed by atoms with Crippen LogP contribution in [0.15, 0.2) is 175 Å². The highest BCUT2D eigenvalue weighted by atomic mass is 15.1. The Morgan fingerprint density at radius 3 is 1.49 bits per heavy atom. The van der Waals surface area contributed by atoms with Gasteiger partial charge in [-0.25, -0.2) is 0 Å². The average molecular weight is 915 g/mol. The first-order valence-corrected chi connectivity index (χ1v) is 24.3. The summed E-state index contributed by atoms with van der Waals surface area (Å²) in [7, 11) is 0. The molecule has 0 atom stereocenters. The monoisotopic (exact) mass is 915 g/mol. The minimum absolute atomic E-state index is 0.172. The van der Waals surface area contributed by atoms with Gasteiger partial charge in [0.2, 0.25) is 0 Å². The summed E-state index contributed by atoms with van der Waals surface area (Å²) in [4.78, 5) is 17.3. The Balaban J connectivity index is 0.000000142. The van der Waals surface area contributed by atoms with Crippen LogP contribution in [-0.2, 0) is 33.6 Å². The third kappa shape index (κ3) is 14.2. The van der Waals surface area contributed by atoms with Crippen molar-refractivity contribution in [1.82, 2.24) is 19.9 Å². The van der Waals surface area contributed by atoms with Crippen molar-refractivity contribution >= 4 is 49.3 Å². The van der Waals surface area contributed by atoms with Crippen LogP contribution in [0.4, 0.5) is 5.69 Å². The predicted molar refractivity (Wildman–Crippen MR) is 295 cm³/mol. The summed E-state index contributed by atoms with van der Waals surface area (Å²) in [6.07, 6.45) is 7.26. The molecule has 69 heavy (non-hydrogen) atoms. The summed E-state index contributed by atoms with van der Waals surface area (Å²) >= 11 is 0. The Bertz CT molecular complexity index is 2940. The highest BCUT2D eigenvalue weighted by Crippen LogP contribution is 2.33. The summed E-state index contributed by atoms with van der Waals surface area (Å²) in [5.74, 6) is 0. The lowest BCUT2D eigenvalue weighted by atomic mass is 9.84. The van der Waals surface area contributed by atoms with Gasteiger partial charge in [-0.1, -0.05) is 195 Å². The molecule has 6 heteroatoms. The molecule has 356 valence electrons. The van der Waals surface area contributed by atoms with Crippen molar-refractivity contribution in [2.75, 3.05) is 0 Å². The molecule has 10 rings (SSSR count). The summed E-state index contributed by atoms with van der Waals surface area (Å²) < 4.78 is 0. The quantitative estimate of drug-likeness (QED) is 0.152. The van der Waals surface area contributed by atoms with Crippen LogP contribution in [0.2, 0.25) is 0 Å². The van der Waals surface area contributed by atoms with E-state index < -0.39 is 0 Å². The van der Waals surface area contributed by atoms with Gasteiger partial charge >= 0.3 is 0 Å². The van der Waals surface area contributed by atoms with E-state index in [1.165, 1.54) is 54.9 Å². The first-order chi connectivity index (χ1) is 32.4. The van der Waals surface area contributed by atoms with Gasteiger partial charge in [-0.2, -0.15) is 10.2 Å². The van der Waals surface area contributed by atoms with Crippen molar-refractivity contribution in [1.29, 1.82) is 0 Å². The van der Waals surface area contributed by atoms with Gasteiger partial charge in [-0.3, -0.25) is 19.9 Å². The van der Waals surface area contributed by atoms with Crippen molar-refractivity contribution in [2.24, 2.45) is 10.2 Å². The third-order valence-corrected chi connectivity index (χ3v) is 12.2. The molecule has 6 nitrogen and oxygen atoms in total. The number of para-hydroxylation sites is 1. The number of hydrogen-bond acceptors (Lipinski definition) is 6. The Morgan fingerprint density at radius 1 is 0.348 bits per heavy atom. The third-order valence-electron chi connectivity index (χ3n) is 12.2. The minimum atomic E-state index is 0.172. The maximum Gasteiger partial charge on any atom is 0.0906 e. The number of rotatable bonds is 0. The topological polar surface area (TPSA) is 76.3 Å². The zero-order valence-electron chi connectivity index (χ0n) is 44.0. The standard InChI is InChI=1S/C14H16.2C13H15N.C12H14N2.C11H14N2/c1-14(2,3)13-10-6-8-11-7-4-5-9-12(11)13;1-13(2,3)11-6-7-12-10(9-11)5-4-8-14-12;1-13(2,3)11-8-10-6-4-5-7-12(10)14-9-11;1-12(2,3)9-4-5-10-11(8-9)14-7-6-13-10;1-11(2,3)9-5-4-8-7-12-13-10(8)6-9/h4-10H,1-3H3;2*4-9H,1-3H3;4-8H,1-3H3;4-6H,7H2,1-3H3. The van der Waals surface area contributed by atoms with E-state index in [1.807, 2.05) is 36.7 Å². The molecule has 4 heterocycles.